The topological polar surface area (TPSA) is 8.17 Å². The molecular weight excluding hydrogens is 725 g/mol. The lowest BCUT2D eigenvalue weighted by Gasteiger charge is -2.30. The Balaban J connectivity index is 0.980. The number of anilines is 3. The van der Waals surface area contributed by atoms with Gasteiger partial charge in [-0.3, -0.25) is 0 Å². The Bertz CT molecular complexity index is 3130. The van der Waals surface area contributed by atoms with Gasteiger partial charge in [-0.15, -0.1) is 0 Å². The fourth-order valence-corrected chi connectivity index (χ4v) is 9.89. The number of fused-ring (bicyclic) bond motifs is 6. The maximum Gasteiger partial charge on any atom is 0.0541 e. The Hall–Kier alpha value is -7.16. The number of benzene rings is 8. The standard InChI is InChI=1S/C58H46N2/c1-57(2)53-18-10-8-16-49(53)51-39-48(33-34-54(51)57)59(46-31-25-44(26-32-46)58(3)36-12-5-13-37-58)45-27-22-42(23-28-45)43-24-35-56-52(38-43)50-17-9-11-19-55(50)60(56)47-29-20-41(21-30-47)40-14-6-4-7-15-40/h4-36,38-39H,37H2,1-3H3. The molecule has 1 heterocycles. The van der Waals surface area contributed by atoms with E-state index in [1.165, 1.54) is 71.9 Å². The van der Waals surface area contributed by atoms with Gasteiger partial charge in [0, 0.05) is 44.4 Å². The first-order chi connectivity index (χ1) is 29.4. The monoisotopic (exact) mass is 770 g/mol. The number of allylic oxidation sites excluding steroid dienone is 4. The Morgan fingerprint density at radius 2 is 1.05 bits per heavy atom. The lowest BCUT2D eigenvalue weighted by molar-refractivity contribution is 0.600. The van der Waals surface area contributed by atoms with E-state index in [4.69, 9.17) is 0 Å². The van der Waals surface area contributed by atoms with Crippen LogP contribution in [0.1, 0.15) is 43.9 Å². The highest BCUT2D eigenvalue weighted by Gasteiger charge is 2.35. The van der Waals surface area contributed by atoms with E-state index in [-0.39, 0.29) is 10.8 Å². The van der Waals surface area contributed by atoms with Crippen LogP contribution in [-0.2, 0) is 10.8 Å². The molecular formula is C58H46N2. The van der Waals surface area contributed by atoms with Crippen molar-refractivity contribution in [3.05, 3.63) is 229 Å². The van der Waals surface area contributed by atoms with Crippen LogP contribution >= 0.6 is 0 Å². The van der Waals surface area contributed by atoms with Crippen molar-refractivity contribution in [3.63, 3.8) is 0 Å². The van der Waals surface area contributed by atoms with Crippen molar-refractivity contribution in [2.75, 3.05) is 4.90 Å². The fraction of sp³-hybridized carbons (Fsp3) is 0.103. The Labute approximate surface area is 353 Å². The molecule has 11 rings (SSSR count). The van der Waals surface area contributed by atoms with Gasteiger partial charge in [0.25, 0.3) is 0 Å². The SMILES string of the molecule is CC1(c2ccc(N(c3ccc(-c4ccc5c(c4)c4ccccc4n5-c4ccc(-c5ccccc5)cc4)cc3)c3ccc4c(c3)-c3ccccc3C4(C)C)cc2)C=CC=CC1. The zero-order chi connectivity index (χ0) is 40.4. The number of para-hydroxylation sites is 1. The van der Waals surface area contributed by atoms with Gasteiger partial charge in [0.15, 0.2) is 0 Å². The van der Waals surface area contributed by atoms with Crippen LogP contribution in [0.5, 0.6) is 0 Å². The molecule has 288 valence electrons. The summed E-state index contributed by atoms with van der Waals surface area (Å²) in [5.74, 6) is 0. The molecule has 0 amide bonds. The van der Waals surface area contributed by atoms with Crippen LogP contribution in [-0.4, -0.2) is 4.57 Å². The first-order valence-corrected chi connectivity index (χ1v) is 21.1. The molecule has 2 aliphatic rings. The highest BCUT2D eigenvalue weighted by molar-refractivity contribution is 6.10. The first kappa shape index (κ1) is 36.0. The maximum absolute atomic E-state index is 2.42. The van der Waals surface area contributed by atoms with E-state index in [1.54, 1.807) is 0 Å². The van der Waals surface area contributed by atoms with Gasteiger partial charge in [-0.2, -0.15) is 0 Å². The molecule has 2 heteroatoms. The third kappa shape index (κ3) is 5.86. The molecule has 0 N–H and O–H groups in total. The van der Waals surface area contributed by atoms with E-state index in [9.17, 15) is 0 Å². The summed E-state index contributed by atoms with van der Waals surface area (Å²) >= 11 is 0. The number of hydrogen-bond donors (Lipinski definition) is 0. The summed E-state index contributed by atoms with van der Waals surface area (Å²) in [7, 11) is 0. The van der Waals surface area contributed by atoms with E-state index in [0.717, 1.165) is 29.2 Å². The molecule has 0 fully saturated rings. The average molecular weight is 771 g/mol. The van der Waals surface area contributed by atoms with E-state index in [2.05, 4.69) is 243 Å². The Kier molecular flexibility index (Phi) is 8.39. The smallest absolute Gasteiger partial charge is 0.0541 e. The molecule has 0 saturated heterocycles. The molecule has 8 aromatic carbocycles. The highest BCUT2D eigenvalue weighted by Crippen LogP contribution is 2.51. The lowest BCUT2D eigenvalue weighted by Crippen LogP contribution is -2.19. The third-order valence-corrected chi connectivity index (χ3v) is 13.2. The minimum Gasteiger partial charge on any atom is -0.310 e. The summed E-state index contributed by atoms with van der Waals surface area (Å²) in [5, 5.41) is 2.50. The zero-order valence-electron chi connectivity index (χ0n) is 34.3. The summed E-state index contributed by atoms with van der Waals surface area (Å²) in [6, 6.07) is 69.6. The summed E-state index contributed by atoms with van der Waals surface area (Å²) in [4.78, 5) is 2.42. The highest BCUT2D eigenvalue weighted by atomic mass is 15.1. The number of hydrogen-bond acceptors (Lipinski definition) is 1. The molecule has 1 aromatic heterocycles. The molecule has 1 atom stereocenters. The molecule has 60 heavy (non-hydrogen) atoms. The summed E-state index contributed by atoms with van der Waals surface area (Å²) in [6.45, 7) is 7.03. The average Bonchev–Trinajstić information content (AvgIpc) is 3.75. The summed E-state index contributed by atoms with van der Waals surface area (Å²) in [6.07, 6.45) is 9.93. The van der Waals surface area contributed by atoms with E-state index in [0.29, 0.717) is 0 Å². The quantitative estimate of drug-likeness (QED) is 0.157. The molecule has 0 bridgehead atoms. The van der Waals surface area contributed by atoms with Crippen LogP contribution in [0.2, 0.25) is 0 Å². The molecule has 9 aromatic rings. The normalized spacial score (nSPS) is 16.2. The van der Waals surface area contributed by atoms with Crippen LogP contribution in [0, 0.1) is 0 Å². The van der Waals surface area contributed by atoms with Crippen LogP contribution in [0.15, 0.2) is 212 Å². The second kappa shape index (κ2) is 14.0. The fourth-order valence-electron chi connectivity index (χ4n) is 9.89. The van der Waals surface area contributed by atoms with Crippen LogP contribution < -0.4 is 4.90 Å². The molecule has 1 unspecified atom stereocenters. The first-order valence-electron chi connectivity index (χ1n) is 21.1. The summed E-state index contributed by atoms with van der Waals surface area (Å²) in [5.41, 5.74) is 18.5. The molecule has 0 spiro atoms. The summed E-state index contributed by atoms with van der Waals surface area (Å²) < 4.78 is 2.40. The van der Waals surface area contributed by atoms with Gasteiger partial charge in [0.2, 0.25) is 0 Å². The van der Waals surface area contributed by atoms with Crippen molar-refractivity contribution in [2.24, 2.45) is 0 Å². The minimum absolute atomic E-state index is 0.0109. The second-order valence-corrected chi connectivity index (χ2v) is 17.2. The van der Waals surface area contributed by atoms with Crippen LogP contribution in [0.25, 0.3) is 60.9 Å². The van der Waals surface area contributed by atoms with Crippen LogP contribution in [0.3, 0.4) is 0 Å². The van der Waals surface area contributed by atoms with E-state index >= 15 is 0 Å². The van der Waals surface area contributed by atoms with Crippen molar-refractivity contribution in [3.8, 4) is 39.1 Å². The third-order valence-electron chi connectivity index (χ3n) is 13.2. The van der Waals surface area contributed by atoms with E-state index < -0.39 is 0 Å². The van der Waals surface area contributed by atoms with Crippen molar-refractivity contribution >= 4 is 38.9 Å². The molecule has 0 aliphatic heterocycles. The van der Waals surface area contributed by atoms with E-state index in [1.807, 2.05) is 0 Å². The van der Waals surface area contributed by atoms with Crippen molar-refractivity contribution in [1.29, 1.82) is 0 Å². The predicted octanol–water partition coefficient (Wildman–Crippen LogP) is 15.7. The largest absolute Gasteiger partial charge is 0.310 e. The zero-order valence-corrected chi connectivity index (χ0v) is 34.3. The maximum atomic E-state index is 2.42. The Morgan fingerprint density at radius 1 is 0.450 bits per heavy atom. The second-order valence-electron chi connectivity index (χ2n) is 17.2. The van der Waals surface area contributed by atoms with Gasteiger partial charge < -0.3 is 9.47 Å². The molecule has 0 saturated carbocycles. The number of rotatable bonds is 7. The van der Waals surface area contributed by atoms with Gasteiger partial charge in [-0.25, -0.2) is 0 Å². The van der Waals surface area contributed by atoms with Gasteiger partial charge in [-0.05, 0) is 123 Å². The molecule has 2 aliphatic carbocycles. The Morgan fingerprint density at radius 3 is 1.82 bits per heavy atom. The van der Waals surface area contributed by atoms with Crippen LogP contribution in [0.4, 0.5) is 17.1 Å². The van der Waals surface area contributed by atoms with Gasteiger partial charge in [0.1, 0.15) is 0 Å². The van der Waals surface area contributed by atoms with Gasteiger partial charge >= 0.3 is 0 Å². The minimum atomic E-state index is -0.0452. The van der Waals surface area contributed by atoms with Gasteiger partial charge in [0.05, 0.1) is 11.0 Å². The number of nitrogens with zero attached hydrogens (tertiary/aromatic N) is 2. The molecule has 0 radical (unpaired) electrons. The lowest BCUT2D eigenvalue weighted by atomic mass is 9.77. The predicted molar refractivity (Wildman–Crippen MR) is 254 cm³/mol. The molecule has 2 nitrogen and oxygen atoms in total. The van der Waals surface area contributed by atoms with Crippen molar-refractivity contribution in [1.82, 2.24) is 4.57 Å². The van der Waals surface area contributed by atoms with Crippen molar-refractivity contribution in [2.45, 2.75) is 38.0 Å². The van der Waals surface area contributed by atoms with Crippen molar-refractivity contribution < 1.29 is 0 Å². The number of aromatic nitrogens is 1. The van der Waals surface area contributed by atoms with Gasteiger partial charge in [-0.1, -0.05) is 166 Å².